The van der Waals surface area contributed by atoms with Gasteiger partial charge in [-0.15, -0.1) is 0 Å². The van der Waals surface area contributed by atoms with Crippen LogP contribution in [0.5, 0.6) is 0 Å². The first-order chi connectivity index (χ1) is 9.56. The Balaban J connectivity index is 2.22. The van der Waals surface area contributed by atoms with Gasteiger partial charge in [0, 0.05) is 7.11 Å². The summed E-state index contributed by atoms with van der Waals surface area (Å²) in [6.07, 6.45) is -4.11. The van der Waals surface area contributed by atoms with Crippen molar-refractivity contribution in [3.63, 3.8) is 0 Å². The zero-order valence-electron chi connectivity index (χ0n) is 11.4. The zero-order chi connectivity index (χ0) is 16.0. The SMILES string of the molecule is CO[C@@H]1[C@H]2OC(=O)O[C@H]2[C@@H](NC(=O)C(Cl)(Cl)Cl)OC1(C)C. The van der Waals surface area contributed by atoms with E-state index in [4.69, 9.17) is 53.8 Å². The molecule has 2 saturated heterocycles. The third-order valence-corrected chi connectivity index (χ3v) is 3.80. The number of rotatable bonds is 2. The van der Waals surface area contributed by atoms with Crippen molar-refractivity contribution in [2.75, 3.05) is 7.11 Å². The maximum atomic E-state index is 11.8. The van der Waals surface area contributed by atoms with E-state index in [0.29, 0.717) is 0 Å². The van der Waals surface area contributed by atoms with Crippen LogP contribution in [0.3, 0.4) is 0 Å². The zero-order valence-corrected chi connectivity index (χ0v) is 13.7. The summed E-state index contributed by atoms with van der Waals surface area (Å²) in [7, 11) is 1.46. The van der Waals surface area contributed by atoms with Crippen LogP contribution in [0.4, 0.5) is 4.79 Å². The second kappa shape index (κ2) is 5.62. The molecule has 0 aromatic heterocycles. The van der Waals surface area contributed by atoms with Crippen molar-refractivity contribution in [1.29, 1.82) is 0 Å². The fraction of sp³-hybridized carbons (Fsp3) is 0.818. The lowest BCUT2D eigenvalue weighted by molar-refractivity contribution is -0.241. The quantitative estimate of drug-likeness (QED) is 0.592. The first kappa shape index (κ1) is 16.9. The number of fused-ring (bicyclic) bond motifs is 1. The molecular weight excluding hydrogens is 348 g/mol. The van der Waals surface area contributed by atoms with Gasteiger partial charge in [-0.05, 0) is 13.8 Å². The van der Waals surface area contributed by atoms with Crippen molar-refractivity contribution < 1.29 is 28.5 Å². The second-order valence-electron chi connectivity index (χ2n) is 5.18. The monoisotopic (exact) mass is 361 g/mol. The number of halogens is 3. The van der Waals surface area contributed by atoms with Crippen LogP contribution in [-0.4, -0.2) is 53.1 Å². The molecule has 2 heterocycles. The number of carbonyl (C=O) groups is 2. The highest BCUT2D eigenvalue weighted by molar-refractivity contribution is 6.76. The first-order valence-electron chi connectivity index (χ1n) is 6.02. The van der Waals surface area contributed by atoms with E-state index in [2.05, 4.69) is 5.32 Å². The second-order valence-corrected chi connectivity index (χ2v) is 7.47. The van der Waals surface area contributed by atoms with Gasteiger partial charge in [0.05, 0.1) is 5.60 Å². The summed E-state index contributed by atoms with van der Waals surface area (Å²) >= 11 is 16.5. The van der Waals surface area contributed by atoms with Crippen molar-refractivity contribution in [3.8, 4) is 0 Å². The minimum atomic E-state index is -2.16. The van der Waals surface area contributed by atoms with Gasteiger partial charge < -0.3 is 24.3 Å². The Morgan fingerprint density at radius 3 is 2.38 bits per heavy atom. The van der Waals surface area contributed by atoms with Crippen molar-refractivity contribution >= 4 is 46.9 Å². The molecule has 2 rings (SSSR count). The Morgan fingerprint density at radius 2 is 1.86 bits per heavy atom. The number of carbonyl (C=O) groups excluding carboxylic acids is 2. The molecule has 2 fully saturated rings. The summed E-state index contributed by atoms with van der Waals surface area (Å²) in [6.45, 7) is 3.44. The molecule has 0 aromatic rings. The van der Waals surface area contributed by atoms with Crippen LogP contribution in [0.2, 0.25) is 0 Å². The molecule has 0 saturated carbocycles. The summed E-state index contributed by atoms with van der Waals surface area (Å²) in [5.74, 6) is -0.897. The lowest BCUT2D eigenvalue weighted by atomic mass is 9.89. The molecule has 120 valence electrons. The predicted octanol–water partition coefficient (Wildman–Crippen LogP) is 1.53. The van der Waals surface area contributed by atoms with Crippen LogP contribution < -0.4 is 5.32 Å². The fourth-order valence-electron chi connectivity index (χ4n) is 2.45. The summed E-state index contributed by atoms with van der Waals surface area (Å²) in [5.41, 5.74) is -0.866. The predicted molar refractivity (Wildman–Crippen MR) is 73.3 cm³/mol. The summed E-state index contributed by atoms with van der Waals surface area (Å²) in [6, 6.07) is 0. The molecule has 0 aliphatic carbocycles. The first-order valence-corrected chi connectivity index (χ1v) is 7.15. The number of methoxy groups -OCH3 is 1. The highest BCUT2D eigenvalue weighted by atomic mass is 35.6. The van der Waals surface area contributed by atoms with E-state index in [1.165, 1.54) is 7.11 Å². The van der Waals surface area contributed by atoms with E-state index in [1.807, 2.05) is 0 Å². The molecule has 2 aliphatic rings. The topological polar surface area (TPSA) is 83.1 Å². The van der Waals surface area contributed by atoms with Crippen LogP contribution in [0, 0.1) is 0 Å². The van der Waals surface area contributed by atoms with E-state index in [9.17, 15) is 9.59 Å². The van der Waals surface area contributed by atoms with Crippen LogP contribution in [0.1, 0.15) is 13.8 Å². The van der Waals surface area contributed by atoms with Crippen molar-refractivity contribution in [2.24, 2.45) is 0 Å². The Kier molecular flexibility index (Phi) is 4.52. The molecule has 0 radical (unpaired) electrons. The van der Waals surface area contributed by atoms with E-state index in [0.717, 1.165) is 0 Å². The highest BCUT2D eigenvalue weighted by Gasteiger charge is 2.58. The molecule has 0 aromatic carbocycles. The number of hydrogen-bond donors (Lipinski definition) is 1. The van der Waals surface area contributed by atoms with Gasteiger partial charge in [0.2, 0.25) is 0 Å². The van der Waals surface area contributed by atoms with E-state index < -0.39 is 46.0 Å². The maximum absolute atomic E-state index is 11.8. The minimum absolute atomic E-state index is 0.574. The van der Waals surface area contributed by atoms with Gasteiger partial charge in [-0.2, -0.15) is 0 Å². The van der Waals surface area contributed by atoms with E-state index in [-0.39, 0.29) is 0 Å². The van der Waals surface area contributed by atoms with E-state index >= 15 is 0 Å². The average Bonchev–Trinajstić information content (AvgIpc) is 2.68. The lowest BCUT2D eigenvalue weighted by Gasteiger charge is -2.45. The average molecular weight is 363 g/mol. The normalized spacial score (nSPS) is 34.7. The molecule has 7 nitrogen and oxygen atoms in total. The summed E-state index contributed by atoms with van der Waals surface area (Å²) in [5, 5.41) is 2.38. The van der Waals surface area contributed by atoms with Gasteiger partial charge >= 0.3 is 6.16 Å². The van der Waals surface area contributed by atoms with Crippen LogP contribution >= 0.6 is 34.8 Å². The molecule has 2 aliphatic heterocycles. The molecule has 10 heteroatoms. The highest BCUT2D eigenvalue weighted by Crippen LogP contribution is 2.37. The van der Waals surface area contributed by atoms with Crippen molar-refractivity contribution in [2.45, 2.75) is 47.8 Å². The standard InChI is InChI=1S/C11H14Cl3NO6/c1-10(2)6(18-3)4-5(20-9(17)19-4)7(21-10)15-8(16)11(12,13)14/h4-7H,1-3H3,(H,15,16)/t4-,5+,6+,7-/m0/s1. The van der Waals surface area contributed by atoms with Crippen molar-refractivity contribution in [3.05, 3.63) is 0 Å². The number of hydrogen-bond acceptors (Lipinski definition) is 6. The molecule has 0 bridgehead atoms. The number of amides is 1. The largest absolute Gasteiger partial charge is 0.509 e. The maximum Gasteiger partial charge on any atom is 0.509 e. The van der Waals surface area contributed by atoms with Gasteiger partial charge in [0.15, 0.2) is 18.4 Å². The number of nitrogens with one attached hydrogen (secondary N) is 1. The van der Waals surface area contributed by atoms with Crippen LogP contribution in [0.15, 0.2) is 0 Å². The van der Waals surface area contributed by atoms with E-state index in [1.54, 1.807) is 13.8 Å². The van der Waals surface area contributed by atoms with Crippen LogP contribution in [0.25, 0.3) is 0 Å². The van der Waals surface area contributed by atoms with Gasteiger partial charge in [-0.1, -0.05) is 34.8 Å². The van der Waals surface area contributed by atoms with Gasteiger partial charge in [0.1, 0.15) is 6.10 Å². The fourth-order valence-corrected chi connectivity index (χ4v) is 2.61. The molecule has 0 spiro atoms. The van der Waals surface area contributed by atoms with Gasteiger partial charge in [0.25, 0.3) is 9.70 Å². The number of alkyl halides is 3. The summed E-state index contributed by atoms with van der Waals surface area (Å²) in [4.78, 5) is 23.1. The van der Waals surface area contributed by atoms with Gasteiger partial charge in [-0.25, -0.2) is 4.79 Å². The van der Waals surface area contributed by atoms with Crippen molar-refractivity contribution in [1.82, 2.24) is 5.32 Å². The minimum Gasteiger partial charge on any atom is -0.424 e. The number of ether oxygens (including phenoxy) is 4. The molecule has 0 unspecified atom stereocenters. The van der Waals surface area contributed by atoms with Gasteiger partial charge in [-0.3, -0.25) is 4.79 Å². The summed E-state index contributed by atoms with van der Waals surface area (Å²) < 4.78 is 19.0. The smallest absolute Gasteiger partial charge is 0.424 e. The molecule has 1 N–H and O–H groups in total. The third kappa shape index (κ3) is 3.32. The molecule has 4 atom stereocenters. The Morgan fingerprint density at radius 1 is 1.29 bits per heavy atom. The molecular formula is C11H14Cl3NO6. The Hall–Kier alpha value is -0.470. The van der Waals surface area contributed by atoms with Crippen LogP contribution in [-0.2, 0) is 23.7 Å². The molecule has 21 heavy (non-hydrogen) atoms. The third-order valence-electron chi connectivity index (χ3n) is 3.29. The molecule has 1 amide bonds. The Bertz CT molecular complexity index is 452. The lowest BCUT2D eigenvalue weighted by Crippen LogP contribution is -2.66. The Labute approximate surface area is 136 Å².